The van der Waals surface area contributed by atoms with Crippen LogP contribution >= 0.6 is 27.3 Å². The van der Waals surface area contributed by atoms with Gasteiger partial charge < -0.3 is 0 Å². The van der Waals surface area contributed by atoms with Gasteiger partial charge in [-0.15, -0.1) is 0 Å². The average Bonchev–Trinajstić information content (AvgIpc) is 3.12. The summed E-state index contributed by atoms with van der Waals surface area (Å²) < 4.78 is 42.1. The van der Waals surface area contributed by atoms with Gasteiger partial charge in [-0.3, -0.25) is 4.31 Å². The number of halogens is 2. The van der Waals surface area contributed by atoms with E-state index in [1.54, 1.807) is 35.6 Å². The van der Waals surface area contributed by atoms with E-state index in [1.807, 2.05) is 23.8 Å². The summed E-state index contributed by atoms with van der Waals surface area (Å²) >= 11 is 4.92. The molecule has 3 nitrogen and oxygen atoms in total. The van der Waals surface area contributed by atoms with Crippen LogP contribution in [0.4, 0.5) is 10.1 Å². The van der Waals surface area contributed by atoms with Crippen LogP contribution in [0.2, 0.25) is 0 Å². The van der Waals surface area contributed by atoms with Gasteiger partial charge in [-0.2, -0.15) is 11.3 Å². The lowest BCUT2D eigenvalue weighted by molar-refractivity contribution is 0.590. The first-order chi connectivity index (χ1) is 12.4. The SMILES string of the molecule is Cc1ccc(S(=O)(=O)N(CCc2ccsc2)c2cc(F)ccc2Br)cc1. The van der Waals surface area contributed by atoms with E-state index in [9.17, 15) is 12.8 Å². The largest absolute Gasteiger partial charge is 0.265 e. The van der Waals surface area contributed by atoms with Crippen LogP contribution in [0.15, 0.2) is 68.7 Å². The normalized spacial score (nSPS) is 11.5. The molecule has 7 heteroatoms. The molecule has 0 fully saturated rings. The van der Waals surface area contributed by atoms with E-state index in [-0.39, 0.29) is 11.4 Å². The predicted octanol–water partition coefficient (Wildman–Crippen LogP) is 5.40. The van der Waals surface area contributed by atoms with Crippen LogP contribution in [0, 0.1) is 12.7 Å². The molecule has 0 amide bonds. The zero-order valence-electron chi connectivity index (χ0n) is 14.0. The number of hydrogen-bond acceptors (Lipinski definition) is 3. The fourth-order valence-corrected chi connectivity index (χ4v) is 5.31. The highest BCUT2D eigenvalue weighted by Crippen LogP contribution is 2.32. The molecule has 136 valence electrons. The molecule has 0 aliphatic heterocycles. The van der Waals surface area contributed by atoms with Crippen LogP contribution < -0.4 is 4.31 Å². The summed E-state index contributed by atoms with van der Waals surface area (Å²) in [6, 6.07) is 12.7. The number of sulfonamides is 1. The Kier molecular flexibility index (Phi) is 5.79. The summed E-state index contributed by atoms with van der Waals surface area (Å²) in [4.78, 5) is 0.185. The molecule has 0 unspecified atom stereocenters. The van der Waals surface area contributed by atoms with E-state index in [0.717, 1.165) is 11.1 Å². The van der Waals surface area contributed by atoms with Crippen molar-refractivity contribution in [3.8, 4) is 0 Å². The highest BCUT2D eigenvalue weighted by molar-refractivity contribution is 9.10. The van der Waals surface area contributed by atoms with Gasteiger partial charge in [0.1, 0.15) is 5.82 Å². The zero-order chi connectivity index (χ0) is 18.7. The van der Waals surface area contributed by atoms with Gasteiger partial charge in [0.2, 0.25) is 0 Å². The first-order valence-electron chi connectivity index (χ1n) is 7.93. The number of thiophene rings is 1. The Morgan fingerprint density at radius 2 is 1.85 bits per heavy atom. The Balaban J connectivity index is 2.04. The summed E-state index contributed by atoms with van der Waals surface area (Å²) in [7, 11) is -3.82. The lowest BCUT2D eigenvalue weighted by atomic mass is 10.2. The lowest BCUT2D eigenvalue weighted by Gasteiger charge is -2.25. The molecule has 0 N–H and O–H groups in total. The van der Waals surface area contributed by atoms with Crippen LogP contribution in [0.1, 0.15) is 11.1 Å². The minimum absolute atomic E-state index is 0.185. The maximum atomic E-state index is 13.8. The van der Waals surface area contributed by atoms with Gasteiger partial charge in [0.25, 0.3) is 10.0 Å². The number of benzene rings is 2. The van der Waals surface area contributed by atoms with Crippen LogP contribution in [-0.4, -0.2) is 15.0 Å². The van der Waals surface area contributed by atoms with E-state index >= 15 is 0 Å². The minimum Gasteiger partial charge on any atom is -0.265 e. The Morgan fingerprint density at radius 1 is 1.12 bits per heavy atom. The second kappa shape index (κ2) is 7.90. The monoisotopic (exact) mass is 453 g/mol. The molecule has 3 aromatic rings. The van der Waals surface area contributed by atoms with E-state index in [0.29, 0.717) is 16.6 Å². The summed E-state index contributed by atoms with van der Waals surface area (Å²) in [5.74, 6) is -0.483. The molecule has 0 aliphatic carbocycles. The molecule has 0 atom stereocenters. The second-order valence-electron chi connectivity index (χ2n) is 5.87. The molecule has 0 spiro atoms. The summed E-state index contributed by atoms with van der Waals surface area (Å²) in [6.45, 7) is 2.11. The van der Waals surface area contributed by atoms with Crippen molar-refractivity contribution in [2.75, 3.05) is 10.8 Å². The summed E-state index contributed by atoms with van der Waals surface area (Å²) in [6.07, 6.45) is 0.539. The molecular formula is C19H17BrFNO2S2. The topological polar surface area (TPSA) is 37.4 Å². The van der Waals surface area contributed by atoms with E-state index < -0.39 is 15.8 Å². The number of anilines is 1. The van der Waals surface area contributed by atoms with Crippen LogP contribution in [0.3, 0.4) is 0 Å². The molecule has 0 aliphatic rings. The molecule has 1 heterocycles. The molecule has 1 aromatic heterocycles. The molecule has 0 bridgehead atoms. The van der Waals surface area contributed by atoms with Crippen molar-refractivity contribution in [2.45, 2.75) is 18.2 Å². The lowest BCUT2D eigenvalue weighted by Crippen LogP contribution is -2.33. The predicted molar refractivity (Wildman–Crippen MR) is 108 cm³/mol. The van der Waals surface area contributed by atoms with Crippen molar-refractivity contribution in [1.82, 2.24) is 0 Å². The molecule has 0 saturated heterocycles. The van der Waals surface area contributed by atoms with Gasteiger partial charge >= 0.3 is 0 Å². The first-order valence-corrected chi connectivity index (χ1v) is 11.1. The molecule has 2 aromatic carbocycles. The number of rotatable bonds is 6. The van der Waals surface area contributed by atoms with Crippen LogP contribution in [0.25, 0.3) is 0 Å². The number of aryl methyl sites for hydroxylation is 1. The van der Waals surface area contributed by atoms with Gasteiger partial charge in [-0.05, 0) is 82.0 Å². The zero-order valence-corrected chi connectivity index (χ0v) is 17.2. The quantitative estimate of drug-likeness (QED) is 0.501. The molecule has 0 radical (unpaired) electrons. The van der Waals surface area contributed by atoms with Crippen LogP contribution in [0.5, 0.6) is 0 Å². The van der Waals surface area contributed by atoms with Crippen molar-refractivity contribution < 1.29 is 12.8 Å². The third kappa shape index (κ3) is 4.16. The Labute approximate surface area is 165 Å². The molecular weight excluding hydrogens is 437 g/mol. The summed E-state index contributed by atoms with van der Waals surface area (Å²) in [5, 5.41) is 3.93. The molecule has 3 rings (SSSR count). The highest BCUT2D eigenvalue weighted by Gasteiger charge is 2.26. The number of nitrogens with zero attached hydrogens (tertiary/aromatic N) is 1. The third-order valence-corrected chi connectivity index (χ3v) is 7.20. The van der Waals surface area contributed by atoms with Crippen molar-refractivity contribution in [2.24, 2.45) is 0 Å². The van der Waals surface area contributed by atoms with Crippen molar-refractivity contribution in [1.29, 1.82) is 0 Å². The van der Waals surface area contributed by atoms with Gasteiger partial charge in [-0.1, -0.05) is 17.7 Å². The van der Waals surface area contributed by atoms with Gasteiger partial charge in [-0.25, -0.2) is 12.8 Å². The fourth-order valence-electron chi connectivity index (χ4n) is 2.55. The van der Waals surface area contributed by atoms with Crippen molar-refractivity contribution in [3.63, 3.8) is 0 Å². The maximum absolute atomic E-state index is 13.8. The number of hydrogen-bond donors (Lipinski definition) is 0. The van der Waals surface area contributed by atoms with E-state index in [1.165, 1.54) is 22.5 Å². The standard InChI is InChI=1S/C19H17BrFNO2S2/c1-14-2-5-17(6-3-14)26(23,24)22(10-8-15-9-11-25-13-15)19-12-16(21)4-7-18(19)20/h2-7,9,11-13H,8,10H2,1H3. The fraction of sp³-hybridized carbons (Fsp3) is 0.158. The highest BCUT2D eigenvalue weighted by atomic mass is 79.9. The van der Waals surface area contributed by atoms with Gasteiger partial charge in [0, 0.05) is 11.0 Å². The van der Waals surface area contributed by atoms with Crippen molar-refractivity contribution in [3.05, 3.63) is 80.7 Å². The second-order valence-corrected chi connectivity index (χ2v) is 9.36. The Bertz CT molecular complexity index is 987. The molecule has 0 saturated carbocycles. The first kappa shape index (κ1) is 19.1. The smallest absolute Gasteiger partial charge is 0.264 e. The molecule has 26 heavy (non-hydrogen) atoms. The van der Waals surface area contributed by atoms with Crippen molar-refractivity contribution >= 4 is 43.0 Å². The van der Waals surface area contributed by atoms with Gasteiger partial charge in [0.05, 0.1) is 10.6 Å². The van der Waals surface area contributed by atoms with E-state index in [4.69, 9.17) is 0 Å². The van der Waals surface area contributed by atoms with Gasteiger partial charge in [0.15, 0.2) is 0 Å². The minimum atomic E-state index is -3.82. The summed E-state index contributed by atoms with van der Waals surface area (Å²) in [5.41, 5.74) is 2.31. The van der Waals surface area contributed by atoms with E-state index in [2.05, 4.69) is 15.9 Å². The van der Waals surface area contributed by atoms with Crippen LogP contribution in [-0.2, 0) is 16.4 Å². The average molecular weight is 454 g/mol. The Hall–Kier alpha value is -1.70. The Morgan fingerprint density at radius 3 is 2.50 bits per heavy atom. The maximum Gasteiger partial charge on any atom is 0.264 e. The third-order valence-electron chi connectivity index (χ3n) is 3.97.